The molecule has 0 fully saturated rings. The second-order valence-electron chi connectivity index (χ2n) is 4.29. The number of allylic oxidation sites excluding steroid dienone is 1. The Labute approximate surface area is 111 Å². The van der Waals surface area contributed by atoms with Gasteiger partial charge in [-0.1, -0.05) is 55.8 Å². The Morgan fingerprint density at radius 2 is 2.00 bits per heavy atom. The van der Waals surface area contributed by atoms with Crippen LogP contribution < -0.4 is 0 Å². The van der Waals surface area contributed by atoms with Crippen LogP contribution in [0.15, 0.2) is 42.5 Å². The fraction of sp³-hybridized carbons (Fsp3) is 0.500. The highest BCUT2D eigenvalue weighted by Crippen LogP contribution is 2.04. The zero-order valence-electron chi connectivity index (χ0n) is 11.5. The van der Waals surface area contributed by atoms with E-state index in [0.29, 0.717) is 13.2 Å². The molecule has 0 radical (unpaired) electrons. The smallest absolute Gasteiger partial charge is 0.0989 e. The van der Waals surface area contributed by atoms with E-state index >= 15 is 0 Å². The molecule has 18 heavy (non-hydrogen) atoms. The van der Waals surface area contributed by atoms with Crippen molar-refractivity contribution in [1.29, 1.82) is 0 Å². The fourth-order valence-corrected chi connectivity index (χ4v) is 1.62. The molecule has 0 aromatic heterocycles. The minimum Gasteiger partial charge on any atom is -0.374 e. The van der Waals surface area contributed by atoms with Gasteiger partial charge in [-0.15, -0.1) is 0 Å². The van der Waals surface area contributed by atoms with Gasteiger partial charge >= 0.3 is 0 Å². The number of rotatable bonds is 9. The topological polar surface area (TPSA) is 18.5 Å². The van der Waals surface area contributed by atoms with E-state index in [1.807, 2.05) is 31.2 Å². The van der Waals surface area contributed by atoms with Crippen molar-refractivity contribution in [3.8, 4) is 0 Å². The van der Waals surface area contributed by atoms with Crippen LogP contribution >= 0.6 is 0 Å². The quantitative estimate of drug-likeness (QED) is 0.486. The molecular formula is C16H24O2. The lowest BCUT2D eigenvalue weighted by Crippen LogP contribution is -2.18. The summed E-state index contributed by atoms with van der Waals surface area (Å²) in [7, 11) is 0. The van der Waals surface area contributed by atoms with Crippen molar-refractivity contribution in [1.82, 2.24) is 0 Å². The Morgan fingerprint density at radius 3 is 2.67 bits per heavy atom. The molecule has 0 spiro atoms. The summed E-state index contributed by atoms with van der Waals surface area (Å²) in [6, 6.07) is 10.2. The Balaban J connectivity index is 2.24. The summed E-state index contributed by atoms with van der Waals surface area (Å²) in [6.07, 6.45) is 6.41. The minimum absolute atomic E-state index is 0.0743. The average Bonchev–Trinajstić information content (AvgIpc) is 2.40. The lowest BCUT2D eigenvalue weighted by atomic mass is 10.2. The van der Waals surface area contributed by atoms with Crippen molar-refractivity contribution in [3.05, 3.63) is 48.0 Å². The Kier molecular flexibility index (Phi) is 8.19. The van der Waals surface area contributed by atoms with Gasteiger partial charge in [0.05, 0.1) is 19.3 Å². The molecule has 1 atom stereocenters. The van der Waals surface area contributed by atoms with E-state index in [2.05, 4.69) is 25.1 Å². The summed E-state index contributed by atoms with van der Waals surface area (Å²) in [5.74, 6) is 0. The molecule has 1 aromatic carbocycles. The first-order valence-corrected chi connectivity index (χ1v) is 6.73. The zero-order valence-corrected chi connectivity index (χ0v) is 11.5. The third-order valence-corrected chi connectivity index (χ3v) is 2.63. The van der Waals surface area contributed by atoms with Crippen LogP contribution in [0.25, 0.3) is 0 Å². The molecule has 0 N–H and O–H groups in total. The maximum atomic E-state index is 5.75. The lowest BCUT2D eigenvalue weighted by molar-refractivity contribution is 0.00140. The van der Waals surface area contributed by atoms with Gasteiger partial charge in [-0.2, -0.15) is 0 Å². The molecule has 0 saturated heterocycles. The summed E-state index contributed by atoms with van der Waals surface area (Å²) in [4.78, 5) is 0. The van der Waals surface area contributed by atoms with Crippen LogP contribution in [0.3, 0.4) is 0 Å². The minimum atomic E-state index is 0.0743. The number of unbranched alkanes of at least 4 members (excludes halogenated alkanes) is 1. The van der Waals surface area contributed by atoms with Crippen LogP contribution in [-0.2, 0) is 16.1 Å². The number of hydrogen-bond acceptors (Lipinski definition) is 2. The number of hydrogen-bond donors (Lipinski definition) is 0. The van der Waals surface area contributed by atoms with E-state index in [1.165, 1.54) is 5.56 Å². The Morgan fingerprint density at radius 1 is 1.22 bits per heavy atom. The lowest BCUT2D eigenvalue weighted by Gasteiger charge is -2.14. The molecule has 0 aliphatic carbocycles. The van der Waals surface area contributed by atoms with Crippen molar-refractivity contribution in [2.24, 2.45) is 0 Å². The van der Waals surface area contributed by atoms with Crippen LogP contribution in [-0.4, -0.2) is 19.3 Å². The summed E-state index contributed by atoms with van der Waals surface area (Å²) in [5, 5.41) is 0. The van der Waals surface area contributed by atoms with Crippen molar-refractivity contribution >= 4 is 0 Å². The molecule has 0 amide bonds. The molecular weight excluding hydrogens is 224 g/mol. The van der Waals surface area contributed by atoms with Gasteiger partial charge in [0.1, 0.15) is 0 Å². The molecule has 2 heteroatoms. The largest absolute Gasteiger partial charge is 0.374 e. The average molecular weight is 248 g/mol. The summed E-state index contributed by atoms with van der Waals surface area (Å²) >= 11 is 0. The highest BCUT2D eigenvalue weighted by atomic mass is 16.5. The van der Waals surface area contributed by atoms with Crippen LogP contribution in [0.2, 0.25) is 0 Å². The monoisotopic (exact) mass is 248 g/mol. The summed E-state index contributed by atoms with van der Waals surface area (Å²) in [5.41, 5.74) is 1.20. The van der Waals surface area contributed by atoms with E-state index in [0.717, 1.165) is 19.4 Å². The summed E-state index contributed by atoms with van der Waals surface area (Å²) < 4.78 is 11.4. The van der Waals surface area contributed by atoms with Gasteiger partial charge in [0.2, 0.25) is 0 Å². The van der Waals surface area contributed by atoms with Crippen molar-refractivity contribution < 1.29 is 9.47 Å². The van der Waals surface area contributed by atoms with Gasteiger partial charge in [0.25, 0.3) is 0 Å². The third kappa shape index (κ3) is 6.58. The molecule has 0 aliphatic heterocycles. The zero-order chi connectivity index (χ0) is 13.1. The van der Waals surface area contributed by atoms with E-state index in [1.54, 1.807) is 0 Å². The standard InChI is InChI=1S/C16H24O2/c1-3-5-12-18-16(9-4-2)14-17-13-15-10-7-6-8-11-15/h4,6-11,16H,3,5,12-14H2,1-2H3/b9-4+. The molecule has 1 unspecified atom stereocenters. The molecule has 0 heterocycles. The van der Waals surface area contributed by atoms with E-state index in [4.69, 9.17) is 9.47 Å². The number of ether oxygens (including phenoxy) is 2. The Hall–Kier alpha value is -1.12. The van der Waals surface area contributed by atoms with Crippen LogP contribution in [0.4, 0.5) is 0 Å². The van der Waals surface area contributed by atoms with Crippen LogP contribution in [0.1, 0.15) is 32.3 Å². The molecule has 1 rings (SSSR count). The SMILES string of the molecule is C/C=C/C(COCc1ccccc1)OCCCC. The van der Waals surface area contributed by atoms with E-state index < -0.39 is 0 Å². The van der Waals surface area contributed by atoms with E-state index in [9.17, 15) is 0 Å². The van der Waals surface area contributed by atoms with Crippen molar-refractivity contribution in [2.75, 3.05) is 13.2 Å². The fourth-order valence-electron chi connectivity index (χ4n) is 1.62. The maximum Gasteiger partial charge on any atom is 0.0989 e. The highest BCUT2D eigenvalue weighted by Gasteiger charge is 2.04. The highest BCUT2D eigenvalue weighted by molar-refractivity contribution is 5.13. The molecule has 0 saturated carbocycles. The van der Waals surface area contributed by atoms with Gasteiger partial charge in [0, 0.05) is 6.61 Å². The molecule has 0 bridgehead atoms. The molecule has 2 nitrogen and oxygen atoms in total. The summed E-state index contributed by atoms with van der Waals surface area (Å²) in [6.45, 7) is 6.24. The second kappa shape index (κ2) is 9.86. The van der Waals surface area contributed by atoms with Gasteiger partial charge in [-0.05, 0) is 18.9 Å². The molecule has 0 aliphatic rings. The normalized spacial score (nSPS) is 13.0. The third-order valence-electron chi connectivity index (χ3n) is 2.63. The van der Waals surface area contributed by atoms with Gasteiger partial charge < -0.3 is 9.47 Å². The first-order valence-electron chi connectivity index (χ1n) is 6.73. The van der Waals surface area contributed by atoms with Crippen molar-refractivity contribution in [2.45, 2.75) is 39.4 Å². The van der Waals surface area contributed by atoms with Crippen LogP contribution in [0.5, 0.6) is 0 Å². The van der Waals surface area contributed by atoms with Gasteiger partial charge in [0.15, 0.2) is 0 Å². The number of benzene rings is 1. The Bertz CT molecular complexity index is 319. The second-order valence-corrected chi connectivity index (χ2v) is 4.29. The first kappa shape index (κ1) is 14.9. The van der Waals surface area contributed by atoms with Gasteiger partial charge in [-0.3, -0.25) is 0 Å². The predicted molar refractivity (Wildman–Crippen MR) is 75.6 cm³/mol. The first-order chi connectivity index (χ1) is 8.86. The predicted octanol–water partition coefficient (Wildman–Crippen LogP) is 3.96. The van der Waals surface area contributed by atoms with Crippen LogP contribution in [0, 0.1) is 0 Å². The maximum absolute atomic E-state index is 5.75. The molecule has 100 valence electrons. The van der Waals surface area contributed by atoms with Crippen molar-refractivity contribution in [3.63, 3.8) is 0 Å². The van der Waals surface area contributed by atoms with Gasteiger partial charge in [-0.25, -0.2) is 0 Å². The van der Waals surface area contributed by atoms with E-state index in [-0.39, 0.29) is 6.10 Å². The molecule has 1 aromatic rings.